The molecule has 11 heteroatoms. The van der Waals surface area contributed by atoms with E-state index in [9.17, 15) is 13.2 Å². The number of carbonyl (C=O) groups is 1. The first-order valence-electron chi connectivity index (χ1n) is 9.88. The van der Waals surface area contributed by atoms with Gasteiger partial charge in [0.2, 0.25) is 10.0 Å². The summed E-state index contributed by atoms with van der Waals surface area (Å²) in [5, 5.41) is 4.24. The molecule has 0 radical (unpaired) electrons. The molecule has 5 aromatic rings. The molecule has 0 unspecified atom stereocenters. The minimum atomic E-state index is -3.73. The molecule has 3 aromatic heterocycles. The largest absolute Gasteiger partial charge is 0.468 e. The fourth-order valence-corrected chi connectivity index (χ4v) is 6.36. The number of nitrogens with zero attached hydrogens (tertiary/aromatic N) is 3. The van der Waals surface area contributed by atoms with Crippen LogP contribution in [0.25, 0.3) is 20.4 Å². The van der Waals surface area contributed by atoms with Crippen LogP contribution in [0.15, 0.2) is 64.1 Å². The maximum atomic E-state index is 12.8. The molecule has 2 aromatic carbocycles. The monoisotopic (exact) mass is 498 g/mol. The van der Waals surface area contributed by atoms with E-state index >= 15 is 0 Å². The highest BCUT2D eigenvalue weighted by Gasteiger charge is 2.22. The Morgan fingerprint density at radius 3 is 2.61 bits per heavy atom. The summed E-state index contributed by atoms with van der Waals surface area (Å²) in [6.07, 6.45) is 1.50. The van der Waals surface area contributed by atoms with E-state index in [-0.39, 0.29) is 17.3 Å². The Bertz CT molecular complexity index is 1570. The van der Waals surface area contributed by atoms with Gasteiger partial charge in [0.1, 0.15) is 11.3 Å². The van der Waals surface area contributed by atoms with Crippen molar-refractivity contribution in [1.82, 2.24) is 14.3 Å². The molecule has 0 saturated carbocycles. The second kappa shape index (κ2) is 8.34. The predicted molar refractivity (Wildman–Crippen MR) is 129 cm³/mol. The molecule has 33 heavy (non-hydrogen) atoms. The topological polar surface area (TPSA) is 105 Å². The number of furan rings is 1. The van der Waals surface area contributed by atoms with E-state index in [1.54, 1.807) is 23.5 Å². The average molecular weight is 499 g/mol. The molecule has 0 aliphatic heterocycles. The van der Waals surface area contributed by atoms with Crippen LogP contribution >= 0.6 is 22.7 Å². The van der Waals surface area contributed by atoms with Gasteiger partial charge in [0, 0.05) is 12.6 Å². The van der Waals surface area contributed by atoms with Crippen LogP contribution in [0.5, 0.6) is 0 Å². The number of fused-ring (bicyclic) bond motifs is 3. The maximum absolute atomic E-state index is 12.8. The lowest BCUT2D eigenvalue weighted by Crippen LogP contribution is -2.26. The summed E-state index contributed by atoms with van der Waals surface area (Å²) in [4.78, 5) is 21.9. The standard InChI is InChI=1S/C22H18N4O4S3/c1-13-23-19-18(31-13)10-9-17-20(19)32-22(24-17)25-21(27)14-5-7-16(8-6-14)33(28,29)26(2)12-15-4-3-11-30-15/h3-11H,12H2,1-2H3,(H,24,25,27). The molecule has 0 aliphatic carbocycles. The third kappa shape index (κ3) is 4.15. The molecular formula is C22H18N4O4S3. The Hall–Kier alpha value is -3.12. The van der Waals surface area contributed by atoms with E-state index in [1.807, 2.05) is 19.1 Å². The normalized spacial score (nSPS) is 12.1. The number of carbonyl (C=O) groups excluding carboxylic acids is 1. The molecule has 0 bridgehead atoms. The summed E-state index contributed by atoms with van der Waals surface area (Å²) < 4.78 is 34.0. The van der Waals surface area contributed by atoms with Gasteiger partial charge >= 0.3 is 0 Å². The molecule has 0 fully saturated rings. The number of aromatic nitrogens is 2. The van der Waals surface area contributed by atoms with Crippen molar-refractivity contribution >= 4 is 64.2 Å². The number of benzene rings is 2. The molecule has 168 valence electrons. The number of sulfonamides is 1. The van der Waals surface area contributed by atoms with Crippen LogP contribution in [0.3, 0.4) is 0 Å². The third-order valence-electron chi connectivity index (χ3n) is 5.03. The summed E-state index contributed by atoms with van der Waals surface area (Å²) in [6, 6.07) is 13.1. The van der Waals surface area contributed by atoms with Crippen molar-refractivity contribution in [2.24, 2.45) is 0 Å². The lowest BCUT2D eigenvalue weighted by atomic mass is 10.2. The minimum absolute atomic E-state index is 0.0920. The highest BCUT2D eigenvalue weighted by Crippen LogP contribution is 2.34. The quantitative estimate of drug-likeness (QED) is 0.358. The van der Waals surface area contributed by atoms with E-state index in [1.165, 1.54) is 53.2 Å². The Balaban J connectivity index is 1.34. The Morgan fingerprint density at radius 2 is 1.88 bits per heavy atom. The first kappa shape index (κ1) is 21.7. The second-order valence-corrected chi connectivity index (χ2v) is 11.6. The summed E-state index contributed by atoms with van der Waals surface area (Å²) >= 11 is 2.98. The first-order chi connectivity index (χ1) is 15.8. The van der Waals surface area contributed by atoms with E-state index < -0.39 is 10.0 Å². The molecule has 1 N–H and O–H groups in total. The number of amides is 1. The zero-order valence-corrected chi connectivity index (χ0v) is 20.1. The second-order valence-electron chi connectivity index (χ2n) is 7.33. The van der Waals surface area contributed by atoms with Crippen LogP contribution in [-0.2, 0) is 16.6 Å². The number of hydrogen-bond donors (Lipinski definition) is 1. The van der Waals surface area contributed by atoms with E-state index in [0.717, 1.165) is 25.4 Å². The van der Waals surface area contributed by atoms with Gasteiger partial charge in [-0.1, -0.05) is 11.3 Å². The zero-order chi connectivity index (χ0) is 23.2. The van der Waals surface area contributed by atoms with Crippen LogP contribution in [0, 0.1) is 6.92 Å². The van der Waals surface area contributed by atoms with Crippen molar-refractivity contribution in [1.29, 1.82) is 0 Å². The highest BCUT2D eigenvalue weighted by molar-refractivity contribution is 7.89. The molecular weight excluding hydrogens is 480 g/mol. The number of thiazole rings is 2. The predicted octanol–water partition coefficient (Wildman–Crippen LogP) is 4.88. The Labute approximate surface area is 197 Å². The van der Waals surface area contributed by atoms with Crippen LogP contribution in [0.1, 0.15) is 21.1 Å². The van der Waals surface area contributed by atoms with Crippen molar-refractivity contribution in [3.63, 3.8) is 0 Å². The summed E-state index contributed by atoms with van der Waals surface area (Å²) in [5.41, 5.74) is 1.99. The van der Waals surface area contributed by atoms with Gasteiger partial charge < -0.3 is 4.42 Å². The van der Waals surface area contributed by atoms with Crippen LogP contribution in [-0.4, -0.2) is 35.6 Å². The van der Waals surface area contributed by atoms with Gasteiger partial charge in [-0.25, -0.2) is 18.4 Å². The summed E-state index contributed by atoms with van der Waals surface area (Å²) in [7, 11) is -2.25. The fourth-order valence-electron chi connectivity index (χ4n) is 3.38. The maximum Gasteiger partial charge on any atom is 0.257 e. The van der Waals surface area contributed by atoms with E-state index in [0.29, 0.717) is 16.5 Å². The van der Waals surface area contributed by atoms with Gasteiger partial charge in [-0.05, 0) is 55.5 Å². The Morgan fingerprint density at radius 1 is 1.09 bits per heavy atom. The molecule has 0 aliphatic rings. The van der Waals surface area contributed by atoms with Crippen LogP contribution < -0.4 is 5.32 Å². The van der Waals surface area contributed by atoms with Crippen LogP contribution in [0.2, 0.25) is 0 Å². The smallest absolute Gasteiger partial charge is 0.257 e. The third-order valence-corrected chi connectivity index (χ3v) is 8.77. The molecule has 8 nitrogen and oxygen atoms in total. The fraction of sp³-hybridized carbons (Fsp3) is 0.136. The van der Waals surface area contributed by atoms with E-state index in [4.69, 9.17) is 4.42 Å². The van der Waals surface area contributed by atoms with E-state index in [2.05, 4.69) is 15.3 Å². The van der Waals surface area contributed by atoms with Gasteiger partial charge in [-0.3, -0.25) is 10.1 Å². The SMILES string of the molecule is Cc1nc2c(ccc3nc(NC(=O)c4ccc(S(=O)(=O)N(C)Cc5ccco5)cc4)sc32)s1. The number of anilines is 1. The molecule has 0 atom stereocenters. The van der Waals surface area contributed by atoms with Gasteiger partial charge in [-0.2, -0.15) is 4.31 Å². The van der Waals surface area contributed by atoms with Crippen molar-refractivity contribution in [2.75, 3.05) is 12.4 Å². The van der Waals surface area contributed by atoms with Gasteiger partial charge in [0.15, 0.2) is 5.13 Å². The molecule has 1 amide bonds. The van der Waals surface area contributed by atoms with Crippen molar-refractivity contribution in [2.45, 2.75) is 18.4 Å². The van der Waals surface area contributed by atoms with Gasteiger partial charge in [0.25, 0.3) is 5.91 Å². The molecule has 3 heterocycles. The number of hydrogen-bond acceptors (Lipinski definition) is 8. The number of aryl methyl sites for hydroxylation is 1. The number of nitrogens with one attached hydrogen (secondary N) is 1. The zero-order valence-electron chi connectivity index (χ0n) is 17.6. The Kier molecular flexibility index (Phi) is 5.49. The number of rotatable bonds is 6. The van der Waals surface area contributed by atoms with Crippen molar-refractivity contribution in [3.05, 3.63) is 71.1 Å². The average Bonchev–Trinajstić information content (AvgIpc) is 3.52. The summed E-state index contributed by atoms with van der Waals surface area (Å²) in [6.45, 7) is 2.07. The lowest BCUT2D eigenvalue weighted by Gasteiger charge is -2.16. The van der Waals surface area contributed by atoms with Gasteiger partial charge in [-0.15, -0.1) is 11.3 Å². The summed E-state index contributed by atoms with van der Waals surface area (Å²) in [5.74, 6) is 0.172. The molecule has 5 rings (SSSR count). The van der Waals surface area contributed by atoms with Crippen molar-refractivity contribution < 1.29 is 17.6 Å². The minimum Gasteiger partial charge on any atom is -0.468 e. The highest BCUT2D eigenvalue weighted by atomic mass is 32.2. The molecule has 0 spiro atoms. The first-order valence-corrected chi connectivity index (χ1v) is 13.0. The lowest BCUT2D eigenvalue weighted by molar-refractivity contribution is 0.102. The van der Waals surface area contributed by atoms with Crippen molar-refractivity contribution in [3.8, 4) is 0 Å². The van der Waals surface area contributed by atoms with Crippen LogP contribution in [0.4, 0.5) is 5.13 Å². The molecule has 0 saturated heterocycles. The van der Waals surface area contributed by atoms with Gasteiger partial charge in [0.05, 0.1) is 37.6 Å².